The highest BCUT2D eigenvalue weighted by Crippen LogP contribution is 2.33. The van der Waals surface area contributed by atoms with Crippen LogP contribution in [0.15, 0.2) is 36.5 Å². The second-order valence-electron chi connectivity index (χ2n) is 5.54. The molecule has 2 aromatic rings. The molecule has 3 rings (SSSR count). The summed E-state index contributed by atoms with van der Waals surface area (Å²) in [4.78, 5) is 4.21. The molecule has 0 aliphatic heterocycles. The molecule has 1 heterocycles. The Labute approximate surface area is 124 Å². The number of nitrogens with two attached hydrogens (primary N) is 2. The highest BCUT2D eigenvalue weighted by atomic mass is 16.5. The Morgan fingerprint density at radius 3 is 2.81 bits per heavy atom. The zero-order valence-corrected chi connectivity index (χ0v) is 12.1. The molecule has 0 saturated heterocycles. The van der Waals surface area contributed by atoms with Gasteiger partial charge >= 0.3 is 0 Å². The van der Waals surface area contributed by atoms with E-state index in [1.807, 2.05) is 31.2 Å². The summed E-state index contributed by atoms with van der Waals surface area (Å²) in [6, 6.07) is 9.38. The van der Waals surface area contributed by atoms with Gasteiger partial charge < -0.3 is 15.5 Å². The van der Waals surface area contributed by atoms with Crippen LogP contribution in [0.25, 0.3) is 0 Å². The summed E-state index contributed by atoms with van der Waals surface area (Å²) in [7, 11) is 0. The van der Waals surface area contributed by atoms with Crippen molar-refractivity contribution in [3.8, 4) is 11.6 Å². The van der Waals surface area contributed by atoms with E-state index in [2.05, 4.69) is 4.98 Å². The topological polar surface area (TPSA) is 77.4 Å². The maximum absolute atomic E-state index is 6.09. The normalized spacial score (nSPS) is 14.0. The highest BCUT2D eigenvalue weighted by molar-refractivity contribution is 5.69. The summed E-state index contributed by atoms with van der Waals surface area (Å²) < 4.78 is 5.77. The van der Waals surface area contributed by atoms with E-state index in [0.29, 0.717) is 23.2 Å². The van der Waals surface area contributed by atoms with E-state index in [4.69, 9.17) is 16.3 Å². The molecule has 5 heteroatoms. The number of anilines is 2. The first-order valence-electron chi connectivity index (χ1n) is 7.14. The Morgan fingerprint density at radius 1 is 1.33 bits per heavy atom. The molecule has 21 heavy (non-hydrogen) atoms. The zero-order chi connectivity index (χ0) is 14.8. The van der Waals surface area contributed by atoms with Crippen molar-refractivity contribution in [1.82, 2.24) is 4.98 Å². The largest absolute Gasteiger partial charge is 0.439 e. The van der Waals surface area contributed by atoms with Crippen LogP contribution in [0.1, 0.15) is 18.4 Å². The predicted molar refractivity (Wildman–Crippen MR) is 84.2 cm³/mol. The third-order valence-electron chi connectivity index (χ3n) is 3.64. The van der Waals surface area contributed by atoms with Gasteiger partial charge in [-0.3, -0.25) is 0 Å². The van der Waals surface area contributed by atoms with E-state index in [1.165, 1.54) is 12.8 Å². The molecular weight excluding hydrogens is 264 g/mol. The zero-order valence-electron chi connectivity index (χ0n) is 12.1. The minimum absolute atomic E-state index is 0.590. The van der Waals surface area contributed by atoms with E-state index in [0.717, 1.165) is 17.8 Å². The van der Waals surface area contributed by atoms with E-state index in [-0.39, 0.29) is 0 Å². The number of nitrogen functional groups attached to an aromatic ring is 1. The van der Waals surface area contributed by atoms with Crippen molar-refractivity contribution in [2.75, 3.05) is 17.3 Å². The molecule has 1 saturated carbocycles. The molecular formula is C16H20N4O. The van der Waals surface area contributed by atoms with Crippen molar-refractivity contribution in [2.45, 2.75) is 19.8 Å². The number of hydrazine groups is 1. The summed E-state index contributed by atoms with van der Waals surface area (Å²) in [5, 5.41) is 1.72. The summed E-state index contributed by atoms with van der Waals surface area (Å²) in [5.41, 5.74) is 8.52. The Kier molecular flexibility index (Phi) is 3.66. The number of hydrogen-bond donors (Lipinski definition) is 2. The minimum atomic E-state index is 0.590. The van der Waals surface area contributed by atoms with Gasteiger partial charge in [0, 0.05) is 24.4 Å². The Hall–Kier alpha value is -2.27. The van der Waals surface area contributed by atoms with Crippen LogP contribution in [0.2, 0.25) is 0 Å². The van der Waals surface area contributed by atoms with Gasteiger partial charge in [0.1, 0.15) is 5.75 Å². The molecule has 5 nitrogen and oxygen atoms in total. The molecule has 0 bridgehead atoms. The van der Waals surface area contributed by atoms with Crippen molar-refractivity contribution >= 4 is 11.4 Å². The summed E-state index contributed by atoms with van der Waals surface area (Å²) >= 11 is 0. The maximum atomic E-state index is 6.09. The maximum Gasteiger partial charge on any atom is 0.222 e. The van der Waals surface area contributed by atoms with Gasteiger partial charge in [-0.25, -0.2) is 10.8 Å². The molecule has 0 amide bonds. The number of hydrogen-bond acceptors (Lipinski definition) is 5. The molecule has 1 aliphatic rings. The van der Waals surface area contributed by atoms with Crippen molar-refractivity contribution in [1.29, 1.82) is 0 Å². The van der Waals surface area contributed by atoms with E-state index >= 15 is 0 Å². The summed E-state index contributed by atoms with van der Waals surface area (Å²) in [6.45, 7) is 2.81. The Balaban J connectivity index is 1.75. The first kappa shape index (κ1) is 13.7. The van der Waals surface area contributed by atoms with Gasteiger partial charge in [-0.15, -0.1) is 0 Å². The van der Waals surface area contributed by atoms with Crippen LogP contribution < -0.4 is 21.3 Å². The fraction of sp³-hybridized carbons (Fsp3) is 0.312. The lowest BCUT2D eigenvalue weighted by atomic mass is 10.2. The van der Waals surface area contributed by atoms with Gasteiger partial charge in [0.15, 0.2) is 0 Å². The molecule has 4 N–H and O–H groups in total. The van der Waals surface area contributed by atoms with Crippen molar-refractivity contribution in [3.63, 3.8) is 0 Å². The van der Waals surface area contributed by atoms with Crippen molar-refractivity contribution < 1.29 is 4.74 Å². The monoisotopic (exact) mass is 284 g/mol. The minimum Gasteiger partial charge on any atom is -0.439 e. The third-order valence-corrected chi connectivity index (χ3v) is 3.64. The van der Waals surface area contributed by atoms with E-state index in [1.54, 1.807) is 17.3 Å². The second kappa shape index (κ2) is 5.61. The lowest BCUT2D eigenvalue weighted by molar-refractivity contribution is 0.459. The van der Waals surface area contributed by atoms with Gasteiger partial charge in [0.05, 0.1) is 11.4 Å². The number of rotatable bonds is 5. The smallest absolute Gasteiger partial charge is 0.222 e. The average Bonchev–Trinajstić information content (AvgIpc) is 3.25. The molecule has 110 valence electrons. The van der Waals surface area contributed by atoms with Gasteiger partial charge in [-0.1, -0.05) is 6.07 Å². The van der Waals surface area contributed by atoms with Gasteiger partial charge in [-0.05, 0) is 43.9 Å². The van der Waals surface area contributed by atoms with Crippen LogP contribution in [0.5, 0.6) is 11.6 Å². The van der Waals surface area contributed by atoms with Crippen LogP contribution in [-0.4, -0.2) is 11.5 Å². The van der Waals surface area contributed by atoms with E-state index in [9.17, 15) is 0 Å². The fourth-order valence-corrected chi connectivity index (χ4v) is 2.22. The Morgan fingerprint density at radius 2 is 2.14 bits per heavy atom. The third kappa shape index (κ3) is 3.25. The van der Waals surface area contributed by atoms with Crippen LogP contribution in [0, 0.1) is 12.8 Å². The van der Waals surface area contributed by atoms with Gasteiger partial charge in [-0.2, -0.15) is 0 Å². The van der Waals surface area contributed by atoms with Crippen molar-refractivity contribution in [2.24, 2.45) is 11.8 Å². The molecule has 0 radical (unpaired) electrons. The summed E-state index contributed by atoms with van der Waals surface area (Å²) in [6.07, 6.45) is 4.22. The Bertz CT molecular complexity index is 640. The number of aryl methyl sites for hydroxylation is 1. The SMILES string of the molecule is Cc1cccnc1Oc1ccc(N(N)CC2CC2)c(N)c1. The van der Waals surface area contributed by atoms with Crippen LogP contribution in [0.3, 0.4) is 0 Å². The molecule has 0 unspecified atom stereocenters. The van der Waals surface area contributed by atoms with Gasteiger partial charge in [0.25, 0.3) is 0 Å². The van der Waals surface area contributed by atoms with Crippen LogP contribution in [-0.2, 0) is 0 Å². The highest BCUT2D eigenvalue weighted by Gasteiger charge is 2.24. The van der Waals surface area contributed by atoms with Gasteiger partial charge in [0.2, 0.25) is 5.88 Å². The van der Waals surface area contributed by atoms with E-state index < -0.39 is 0 Å². The number of benzene rings is 1. The van der Waals surface area contributed by atoms with Crippen molar-refractivity contribution in [3.05, 3.63) is 42.1 Å². The molecule has 1 aromatic heterocycles. The quantitative estimate of drug-likeness (QED) is 0.501. The van der Waals surface area contributed by atoms with Crippen LogP contribution in [0.4, 0.5) is 11.4 Å². The fourth-order valence-electron chi connectivity index (χ4n) is 2.22. The molecule has 0 atom stereocenters. The number of nitrogens with zero attached hydrogens (tertiary/aromatic N) is 2. The number of aromatic nitrogens is 1. The number of pyridine rings is 1. The molecule has 0 spiro atoms. The lowest BCUT2D eigenvalue weighted by Gasteiger charge is -2.20. The number of ether oxygens (including phenoxy) is 1. The predicted octanol–water partition coefficient (Wildman–Crippen LogP) is 2.85. The molecule has 1 aliphatic carbocycles. The second-order valence-corrected chi connectivity index (χ2v) is 5.54. The first-order valence-corrected chi connectivity index (χ1v) is 7.14. The lowest BCUT2D eigenvalue weighted by Crippen LogP contribution is -2.33. The molecule has 1 aromatic carbocycles. The average molecular weight is 284 g/mol. The standard InChI is InChI=1S/C16H20N4O/c1-11-3-2-8-19-16(11)21-13-6-7-15(14(17)9-13)20(18)10-12-4-5-12/h2-3,6-9,12H,4-5,10,17-18H2,1H3. The summed E-state index contributed by atoms with van der Waals surface area (Å²) in [5.74, 6) is 8.03. The van der Waals surface area contributed by atoms with Crippen LogP contribution >= 0.6 is 0 Å². The first-order chi connectivity index (χ1) is 10.1. The molecule has 1 fully saturated rings.